The van der Waals surface area contributed by atoms with Crippen LogP contribution in [0.2, 0.25) is 0 Å². The Kier molecular flexibility index (Phi) is 3.79. The second kappa shape index (κ2) is 4.88. The SMILES string of the molecule is C=CCCn1cc(Br)cc([N+](=O)[O-])c1=O. The van der Waals surface area contributed by atoms with Gasteiger partial charge in [0.25, 0.3) is 0 Å². The molecule has 0 amide bonds. The maximum Gasteiger partial charge on any atom is 0.335 e. The van der Waals surface area contributed by atoms with Crippen LogP contribution in [-0.4, -0.2) is 9.49 Å². The Morgan fingerprint density at radius 3 is 2.87 bits per heavy atom. The monoisotopic (exact) mass is 272 g/mol. The van der Waals surface area contributed by atoms with Gasteiger partial charge in [0.2, 0.25) is 0 Å². The molecule has 0 atom stereocenters. The highest BCUT2D eigenvalue weighted by Gasteiger charge is 2.15. The number of aromatic nitrogens is 1. The van der Waals surface area contributed by atoms with Crippen LogP contribution in [0.5, 0.6) is 0 Å². The zero-order valence-corrected chi connectivity index (χ0v) is 9.44. The molecule has 6 heteroatoms. The van der Waals surface area contributed by atoms with Crippen LogP contribution in [-0.2, 0) is 6.54 Å². The lowest BCUT2D eigenvalue weighted by Gasteiger charge is -2.03. The molecule has 15 heavy (non-hydrogen) atoms. The first-order chi connectivity index (χ1) is 7.06. The molecule has 0 saturated carbocycles. The molecule has 0 aliphatic rings. The van der Waals surface area contributed by atoms with Crippen molar-refractivity contribution in [1.82, 2.24) is 4.57 Å². The van der Waals surface area contributed by atoms with E-state index in [1.165, 1.54) is 16.8 Å². The third-order valence-electron chi connectivity index (χ3n) is 1.80. The average Bonchev–Trinajstić information content (AvgIpc) is 2.18. The van der Waals surface area contributed by atoms with Crippen LogP contribution in [0.15, 0.2) is 34.2 Å². The van der Waals surface area contributed by atoms with Gasteiger partial charge in [-0.25, -0.2) is 0 Å². The van der Waals surface area contributed by atoms with Gasteiger partial charge in [0.15, 0.2) is 0 Å². The molecule has 0 bridgehead atoms. The summed E-state index contributed by atoms with van der Waals surface area (Å²) >= 11 is 3.12. The minimum Gasteiger partial charge on any atom is -0.308 e. The lowest BCUT2D eigenvalue weighted by molar-refractivity contribution is -0.386. The summed E-state index contributed by atoms with van der Waals surface area (Å²) < 4.78 is 1.81. The van der Waals surface area contributed by atoms with Crippen molar-refractivity contribution in [2.45, 2.75) is 13.0 Å². The minimum atomic E-state index is -0.683. The standard InChI is InChI=1S/C9H9BrN2O3/c1-2-3-4-11-6-7(10)5-8(9(11)13)12(14)15/h2,5-6H,1,3-4H2. The van der Waals surface area contributed by atoms with Crippen molar-refractivity contribution in [1.29, 1.82) is 0 Å². The fraction of sp³-hybridized carbons (Fsp3) is 0.222. The summed E-state index contributed by atoms with van der Waals surface area (Å²) in [7, 11) is 0. The summed E-state index contributed by atoms with van der Waals surface area (Å²) in [6, 6.07) is 1.20. The lowest BCUT2D eigenvalue weighted by Crippen LogP contribution is -2.22. The smallest absolute Gasteiger partial charge is 0.308 e. The molecule has 0 aliphatic heterocycles. The molecule has 0 unspecified atom stereocenters. The molecule has 0 spiro atoms. The van der Waals surface area contributed by atoms with Crippen molar-refractivity contribution in [3.8, 4) is 0 Å². The second-order valence-corrected chi connectivity index (χ2v) is 3.79. The normalized spacial score (nSPS) is 9.93. The Balaban J connectivity index is 3.22. The summed E-state index contributed by atoms with van der Waals surface area (Å²) in [5.41, 5.74) is -1.02. The molecular weight excluding hydrogens is 264 g/mol. The Labute approximate surface area is 94.3 Å². The number of nitro groups is 1. The summed E-state index contributed by atoms with van der Waals surface area (Å²) in [5.74, 6) is 0. The largest absolute Gasteiger partial charge is 0.335 e. The van der Waals surface area contributed by atoms with Gasteiger partial charge in [0.1, 0.15) is 0 Å². The molecule has 0 fully saturated rings. The number of allylic oxidation sites excluding steroid dienone is 1. The van der Waals surface area contributed by atoms with Gasteiger partial charge in [-0.15, -0.1) is 6.58 Å². The van der Waals surface area contributed by atoms with E-state index in [0.717, 1.165) is 0 Å². The molecule has 0 aromatic carbocycles. The zero-order chi connectivity index (χ0) is 11.4. The molecule has 1 rings (SSSR count). The summed E-state index contributed by atoms with van der Waals surface area (Å²) in [4.78, 5) is 21.4. The predicted molar refractivity (Wildman–Crippen MR) is 59.9 cm³/mol. The van der Waals surface area contributed by atoms with E-state index < -0.39 is 16.2 Å². The van der Waals surface area contributed by atoms with E-state index in [2.05, 4.69) is 22.5 Å². The fourth-order valence-corrected chi connectivity index (χ4v) is 1.58. The van der Waals surface area contributed by atoms with Crippen LogP contribution in [0, 0.1) is 10.1 Å². The third-order valence-corrected chi connectivity index (χ3v) is 2.24. The molecule has 1 aromatic heterocycles. The van der Waals surface area contributed by atoms with Gasteiger partial charge in [0, 0.05) is 23.3 Å². The molecule has 1 aromatic rings. The van der Waals surface area contributed by atoms with Crippen LogP contribution in [0.1, 0.15) is 6.42 Å². The van der Waals surface area contributed by atoms with Gasteiger partial charge < -0.3 is 4.57 Å². The van der Waals surface area contributed by atoms with Crippen LogP contribution < -0.4 is 5.56 Å². The Hall–Kier alpha value is -1.43. The van der Waals surface area contributed by atoms with Crippen LogP contribution >= 0.6 is 15.9 Å². The first-order valence-electron chi connectivity index (χ1n) is 4.21. The maximum atomic E-state index is 11.5. The van der Waals surface area contributed by atoms with E-state index in [9.17, 15) is 14.9 Å². The molecule has 5 nitrogen and oxygen atoms in total. The van der Waals surface area contributed by atoms with E-state index in [1.807, 2.05) is 0 Å². The van der Waals surface area contributed by atoms with Gasteiger partial charge in [0.05, 0.1) is 4.92 Å². The van der Waals surface area contributed by atoms with Gasteiger partial charge in [-0.3, -0.25) is 14.9 Å². The van der Waals surface area contributed by atoms with Crippen molar-refractivity contribution in [2.75, 3.05) is 0 Å². The van der Waals surface area contributed by atoms with Gasteiger partial charge in [-0.1, -0.05) is 6.08 Å². The summed E-state index contributed by atoms with van der Waals surface area (Å²) in [6.07, 6.45) is 3.77. The van der Waals surface area contributed by atoms with E-state index in [4.69, 9.17) is 0 Å². The van der Waals surface area contributed by atoms with E-state index in [-0.39, 0.29) is 0 Å². The van der Waals surface area contributed by atoms with E-state index in [1.54, 1.807) is 6.08 Å². The predicted octanol–water partition coefficient (Wildman–Crippen LogP) is 2.10. The van der Waals surface area contributed by atoms with Crippen LogP contribution in [0.4, 0.5) is 5.69 Å². The highest BCUT2D eigenvalue weighted by atomic mass is 79.9. The van der Waals surface area contributed by atoms with Gasteiger partial charge in [-0.05, 0) is 22.4 Å². The van der Waals surface area contributed by atoms with Crippen LogP contribution in [0.25, 0.3) is 0 Å². The van der Waals surface area contributed by atoms with Gasteiger partial charge in [-0.2, -0.15) is 0 Å². The van der Waals surface area contributed by atoms with Crippen molar-refractivity contribution in [3.05, 3.63) is 49.9 Å². The quantitative estimate of drug-likeness (QED) is 0.479. The van der Waals surface area contributed by atoms with Crippen molar-refractivity contribution in [3.63, 3.8) is 0 Å². The van der Waals surface area contributed by atoms with Crippen molar-refractivity contribution >= 4 is 21.6 Å². The molecular formula is C9H9BrN2O3. The fourth-order valence-electron chi connectivity index (χ4n) is 1.11. The highest BCUT2D eigenvalue weighted by molar-refractivity contribution is 9.10. The van der Waals surface area contributed by atoms with Crippen LogP contribution in [0.3, 0.4) is 0 Å². The van der Waals surface area contributed by atoms with Crippen molar-refractivity contribution < 1.29 is 4.92 Å². The molecule has 0 saturated heterocycles. The molecule has 80 valence electrons. The van der Waals surface area contributed by atoms with E-state index in [0.29, 0.717) is 17.4 Å². The number of aryl methyl sites for hydroxylation is 1. The molecule has 1 heterocycles. The molecule has 0 radical (unpaired) electrons. The summed E-state index contributed by atoms with van der Waals surface area (Å²) in [6.45, 7) is 3.92. The first kappa shape index (κ1) is 11.6. The number of nitrogens with zero attached hydrogens (tertiary/aromatic N) is 2. The van der Waals surface area contributed by atoms with Gasteiger partial charge >= 0.3 is 11.2 Å². The first-order valence-corrected chi connectivity index (χ1v) is 5.01. The average molecular weight is 273 g/mol. The lowest BCUT2D eigenvalue weighted by atomic mass is 10.3. The topological polar surface area (TPSA) is 65.1 Å². The Bertz CT molecular complexity index is 453. The van der Waals surface area contributed by atoms with E-state index >= 15 is 0 Å². The number of rotatable bonds is 4. The number of hydrogen-bond acceptors (Lipinski definition) is 3. The molecule has 0 aliphatic carbocycles. The Morgan fingerprint density at radius 2 is 2.33 bits per heavy atom. The third kappa shape index (κ3) is 2.76. The van der Waals surface area contributed by atoms with Crippen molar-refractivity contribution in [2.24, 2.45) is 0 Å². The second-order valence-electron chi connectivity index (χ2n) is 2.88. The number of hydrogen-bond donors (Lipinski definition) is 0. The number of pyridine rings is 1. The summed E-state index contributed by atoms with van der Waals surface area (Å²) in [5, 5.41) is 10.6. The minimum absolute atomic E-state index is 0.391. The highest BCUT2D eigenvalue weighted by Crippen LogP contribution is 2.13. The number of halogens is 1. The zero-order valence-electron chi connectivity index (χ0n) is 7.85. The maximum absolute atomic E-state index is 11.5. The Morgan fingerprint density at radius 1 is 1.67 bits per heavy atom. The molecule has 0 N–H and O–H groups in total.